The Hall–Kier alpha value is 0.325. The van der Waals surface area contributed by atoms with E-state index in [0.717, 1.165) is 0 Å². The Morgan fingerprint density at radius 2 is 2.12 bits per heavy atom. The zero-order chi connectivity index (χ0) is 6.57. The van der Waals surface area contributed by atoms with Crippen LogP contribution in [0.15, 0.2) is 0 Å². The van der Waals surface area contributed by atoms with Crippen molar-refractivity contribution < 1.29 is 5.11 Å². The van der Waals surface area contributed by atoms with Gasteiger partial charge in [-0.05, 0) is 0 Å². The summed E-state index contributed by atoms with van der Waals surface area (Å²) in [6.45, 7) is 6.25. The molecule has 1 atom stereocenters. The van der Waals surface area contributed by atoms with E-state index in [2.05, 4.69) is 22.6 Å². The van der Waals surface area contributed by atoms with Gasteiger partial charge in [-0.1, -0.05) is 0 Å². The molecule has 0 fully saturated rings. The van der Waals surface area contributed by atoms with Crippen molar-refractivity contribution >= 4 is 15.3 Å². The van der Waals surface area contributed by atoms with Crippen LogP contribution in [0.4, 0.5) is 0 Å². The number of hydrogen-bond donors (Lipinski definition) is 1. The summed E-state index contributed by atoms with van der Waals surface area (Å²) >= 11 is 0. The predicted molar refractivity (Wildman–Crippen MR) is 39.7 cm³/mol. The molecule has 46 valence electrons. The average Bonchev–Trinajstić information content (AvgIpc) is 1.69. The van der Waals surface area contributed by atoms with Crippen LogP contribution in [0.3, 0.4) is 0 Å². The third-order valence-corrected chi connectivity index (χ3v) is 1.71. The minimum atomic E-state index is 0.237. The molecular formula is C5H12BOP. The van der Waals surface area contributed by atoms with E-state index in [9.17, 15) is 0 Å². The number of aliphatic hydroxyl groups excluding tert-OH is 1. The number of hydrogen-bond acceptors (Lipinski definition) is 1. The van der Waals surface area contributed by atoms with E-state index in [1.807, 2.05) is 6.62 Å². The van der Waals surface area contributed by atoms with E-state index < -0.39 is 0 Å². The molecule has 0 saturated heterocycles. The Bertz CT molecular complexity index is 74.8. The quantitative estimate of drug-likeness (QED) is 0.449. The van der Waals surface area contributed by atoms with Crippen molar-refractivity contribution in [3.8, 4) is 0 Å². The molecule has 0 aromatic heterocycles. The first kappa shape index (κ1) is 8.32. The van der Waals surface area contributed by atoms with Crippen molar-refractivity contribution in [1.29, 1.82) is 0 Å². The molecule has 0 aliphatic heterocycles. The van der Waals surface area contributed by atoms with Crippen LogP contribution in [0.1, 0.15) is 13.8 Å². The monoisotopic (exact) mass is 130 g/mol. The molecule has 1 unspecified atom stereocenters. The number of aliphatic hydroxyl groups is 1. The van der Waals surface area contributed by atoms with Gasteiger partial charge in [-0.15, -0.1) is 0 Å². The first-order valence-corrected chi connectivity index (χ1v) is 3.41. The van der Waals surface area contributed by atoms with Crippen LogP contribution < -0.4 is 0 Å². The van der Waals surface area contributed by atoms with Crippen LogP contribution in [-0.4, -0.2) is 18.3 Å². The van der Waals surface area contributed by atoms with Crippen LogP contribution in [0, 0.1) is 5.92 Å². The molecule has 0 bridgehead atoms. The second-order valence-electron chi connectivity index (χ2n) is 2.26. The molecule has 3 heteroatoms. The van der Waals surface area contributed by atoms with Crippen molar-refractivity contribution in [1.82, 2.24) is 0 Å². The Morgan fingerprint density at radius 3 is 2.12 bits per heavy atom. The summed E-state index contributed by atoms with van der Waals surface area (Å²) in [7, 11) is 3.24. The van der Waals surface area contributed by atoms with Gasteiger partial charge in [-0.2, -0.15) is 0 Å². The topological polar surface area (TPSA) is 20.2 Å². The molecule has 1 nitrogen and oxygen atoms in total. The van der Waals surface area contributed by atoms with Gasteiger partial charge in [0.1, 0.15) is 0 Å². The summed E-state index contributed by atoms with van der Waals surface area (Å²) in [5.74, 6) is 0.823. The summed E-state index contributed by atoms with van der Waals surface area (Å²) in [5, 5.41) is 8.63. The molecule has 0 spiro atoms. The molecule has 0 aromatic carbocycles. The summed E-state index contributed by atoms with van der Waals surface area (Å²) in [5.41, 5.74) is 0. The van der Waals surface area contributed by atoms with Crippen molar-refractivity contribution in [2.75, 3.05) is 6.61 Å². The number of rotatable bonds is 3. The summed E-state index contributed by atoms with van der Waals surface area (Å²) in [6.07, 6.45) is 0. The van der Waals surface area contributed by atoms with Gasteiger partial charge in [0.25, 0.3) is 0 Å². The molecule has 8 heavy (non-hydrogen) atoms. The Labute approximate surface area is 53.5 Å². The molecule has 0 amide bonds. The van der Waals surface area contributed by atoms with Crippen LogP contribution in [0.5, 0.6) is 0 Å². The van der Waals surface area contributed by atoms with Gasteiger partial charge in [-0.25, -0.2) is 0 Å². The molecule has 0 aliphatic carbocycles. The SMILES string of the molecule is CC(C)C(B=P)CO. The normalized spacial score (nSPS) is 13.5. The fraction of sp³-hybridized carbons (Fsp3) is 1.00. The first-order chi connectivity index (χ1) is 3.72. The minimum absolute atomic E-state index is 0.237. The Morgan fingerprint density at radius 1 is 1.62 bits per heavy atom. The second-order valence-corrected chi connectivity index (χ2v) is 2.59. The molecule has 1 N–H and O–H groups in total. The summed E-state index contributed by atoms with van der Waals surface area (Å²) in [4.78, 5) is 0. The van der Waals surface area contributed by atoms with E-state index in [1.54, 1.807) is 0 Å². The van der Waals surface area contributed by atoms with Crippen LogP contribution in [0.2, 0.25) is 5.82 Å². The van der Waals surface area contributed by atoms with E-state index in [4.69, 9.17) is 5.11 Å². The summed E-state index contributed by atoms with van der Waals surface area (Å²) in [6, 6.07) is 0. The Kier molecular flexibility index (Phi) is 4.40. The van der Waals surface area contributed by atoms with Crippen molar-refractivity contribution in [2.24, 2.45) is 5.92 Å². The fourth-order valence-electron chi connectivity index (χ4n) is 0.456. The molecule has 0 aromatic rings. The molecule has 0 aliphatic rings. The third-order valence-electron chi connectivity index (χ3n) is 1.28. The van der Waals surface area contributed by atoms with E-state index in [1.165, 1.54) is 0 Å². The van der Waals surface area contributed by atoms with Gasteiger partial charge in [0, 0.05) is 0 Å². The third kappa shape index (κ3) is 2.59. The van der Waals surface area contributed by atoms with E-state index >= 15 is 0 Å². The maximum atomic E-state index is 8.63. The van der Waals surface area contributed by atoms with E-state index in [-0.39, 0.29) is 6.61 Å². The predicted octanol–water partition coefficient (Wildman–Crippen LogP) is 1.19. The zero-order valence-electron chi connectivity index (χ0n) is 5.39. The summed E-state index contributed by atoms with van der Waals surface area (Å²) < 4.78 is 0. The van der Waals surface area contributed by atoms with Gasteiger partial charge in [0.2, 0.25) is 0 Å². The van der Waals surface area contributed by atoms with Gasteiger partial charge < -0.3 is 0 Å². The zero-order valence-corrected chi connectivity index (χ0v) is 6.39. The van der Waals surface area contributed by atoms with Gasteiger partial charge in [-0.3, -0.25) is 0 Å². The first-order valence-electron chi connectivity index (χ1n) is 2.83. The maximum absolute atomic E-state index is 8.63. The van der Waals surface area contributed by atoms with Crippen LogP contribution in [0.25, 0.3) is 0 Å². The standard InChI is InChI=1S/C5H12BOP/c1-4(2)5(3-7)6-8/h4-5,7-8H,3H2,1-2H3. The van der Waals surface area contributed by atoms with Crippen LogP contribution >= 0.6 is 8.73 Å². The van der Waals surface area contributed by atoms with Gasteiger partial charge in [0.05, 0.1) is 0 Å². The van der Waals surface area contributed by atoms with E-state index in [0.29, 0.717) is 11.7 Å². The Balaban J connectivity index is 3.51. The van der Waals surface area contributed by atoms with Crippen molar-refractivity contribution in [3.63, 3.8) is 0 Å². The molecule has 0 heterocycles. The molecule has 0 rings (SSSR count). The molecule has 0 radical (unpaired) electrons. The van der Waals surface area contributed by atoms with Gasteiger partial charge in [0.15, 0.2) is 0 Å². The van der Waals surface area contributed by atoms with Crippen LogP contribution in [-0.2, 0) is 0 Å². The second kappa shape index (κ2) is 4.23. The van der Waals surface area contributed by atoms with Crippen molar-refractivity contribution in [2.45, 2.75) is 19.7 Å². The molecule has 0 saturated carbocycles. The molecular weight excluding hydrogens is 118 g/mol. The fourth-order valence-corrected chi connectivity index (χ4v) is 0.946. The van der Waals surface area contributed by atoms with Crippen molar-refractivity contribution in [3.05, 3.63) is 0 Å². The van der Waals surface area contributed by atoms with Gasteiger partial charge >= 0.3 is 52.6 Å². The average molecular weight is 130 g/mol.